The third-order valence-electron chi connectivity index (χ3n) is 3.32. The highest BCUT2D eigenvalue weighted by Gasteiger charge is 2.30. The van der Waals surface area contributed by atoms with Crippen LogP contribution in [0.25, 0.3) is 0 Å². The van der Waals surface area contributed by atoms with E-state index in [2.05, 4.69) is 6.92 Å². The molecule has 0 radical (unpaired) electrons. The first-order valence-corrected chi connectivity index (χ1v) is 6.83. The molecule has 3 N–H and O–H groups in total. The van der Waals surface area contributed by atoms with Crippen LogP contribution in [0.3, 0.4) is 0 Å². The summed E-state index contributed by atoms with van der Waals surface area (Å²) in [6, 6.07) is 0. The molecule has 4 atom stereocenters. The van der Waals surface area contributed by atoms with Crippen molar-refractivity contribution >= 4 is 11.6 Å². The Kier molecular flexibility index (Phi) is 6.49. The van der Waals surface area contributed by atoms with Crippen LogP contribution in [0.2, 0.25) is 0 Å². The van der Waals surface area contributed by atoms with Gasteiger partial charge >= 0.3 is 0 Å². The number of unbranched alkanes of at least 4 members (excludes halogenated alkanes) is 2. The predicted molar refractivity (Wildman–Crippen MR) is 68.8 cm³/mol. The fourth-order valence-corrected chi connectivity index (χ4v) is 2.51. The van der Waals surface area contributed by atoms with Gasteiger partial charge in [0.25, 0.3) is 0 Å². The van der Waals surface area contributed by atoms with Crippen LogP contribution in [0, 0.1) is 5.92 Å². The first-order chi connectivity index (χ1) is 8.04. The zero-order valence-electron chi connectivity index (χ0n) is 10.3. The number of aliphatic hydroxyl groups is 3. The SMILES string of the molecule is CCCCC[C@H](O)C(Cl)=C[C@@H]1C[C@@H](O)C[C@H]1O. The Morgan fingerprint density at radius 3 is 2.59 bits per heavy atom. The Morgan fingerprint density at radius 2 is 2.06 bits per heavy atom. The van der Waals surface area contributed by atoms with Crippen LogP contribution in [0.4, 0.5) is 0 Å². The molecule has 0 aromatic heterocycles. The zero-order chi connectivity index (χ0) is 12.8. The molecule has 1 aliphatic rings. The van der Waals surface area contributed by atoms with Gasteiger partial charge in [-0.15, -0.1) is 0 Å². The summed E-state index contributed by atoms with van der Waals surface area (Å²) in [5.74, 6) is -0.127. The quantitative estimate of drug-likeness (QED) is 0.643. The molecule has 0 unspecified atom stereocenters. The summed E-state index contributed by atoms with van der Waals surface area (Å²) in [4.78, 5) is 0. The first-order valence-electron chi connectivity index (χ1n) is 6.46. The summed E-state index contributed by atoms with van der Waals surface area (Å²) in [5.41, 5.74) is 0. The highest BCUT2D eigenvalue weighted by molar-refractivity contribution is 6.30. The molecule has 1 rings (SSSR count). The molecule has 0 heterocycles. The lowest BCUT2D eigenvalue weighted by Gasteiger charge is -2.13. The van der Waals surface area contributed by atoms with E-state index in [0.717, 1.165) is 19.3 Å². The molecule has 1 saturated carbocycles. The molecule has 0 aromatic rings. The summed E-state index contributed by atoms with van der Waals surface area (Å²) in [6.45, 7) is 2.11. The molecule has 17 heavy (non-hydrogen) atoms. The highest BCUT2D eigenvalue weighted by atomic mass is 35.5. The zero-order valence-corrected chi connectivity index (χ0v) is 11.1. The second-order valence-corrected chi connectivity index (χ2v) is 5.36. The average molecular weight is 263 g/mol. The Balaban J connectivity index is 2.42. The largest absolute Gasteiger partial charge is 0.393 e. The number of halogens is 1. The monoisotopic (exact) mass is 262 g/mol. The maximum atomic E-state index is 9.81. The molecule has 0 aliphatic heterocycles. The number of aliphatic hydroxyl groups excluding tert-OH is 3. The van der Waals surface area contributed by atoms with E-state index in [1.54, 1.807) is 6.08 Å². The van der Waals surface area contributed by atoms with Gasteiger partial charge in [0, 0.05) is 11.0 Å². The molecular weight excluding hydrogens is 240 g/mol. The van der Waals surface area contributed by atoms with Crippen molar-refractivity contribution in [1.29, 1.82) is 0 Å². The van der Waals surface area contributed by atoms with Crippen LogP contribution in [0.15, 0.2) is 11.1 Å². The molecule has 100 valence electrons. The number of hydrogen-bond donors (Lipinski definition) is 3. The Bertz CT molecular complexity index is 255. The van der Waals surface area contributed by atoms with Crippen LogP contribution in [0.5, 0.6) is 0 Å². The van der Waals surface area contributed by atoms with Crippen LogP contribution < -0.4 is 0 Å². The van der Waals surface area contributed by atoms with Crippen molar-refractivity contribution in [2.75, 3.05) is 0 Å². The summed E-state index contributed by atoms with van der Waals surface area (Å²) in [6.07, 6.45) is 4.83. The van der Waals surface area contributed by atoms with Gasteiger partial charge in [0.05, 0.1) is 18.3 Å². The maximum Gasteiger partial charge on any atom is 0.0892 e. The van der Waals surface area contributed by atoms with Gasteiger partial charge in [-0.2, -0.15) is 0 Å². The fourth-order valence-electron chi connectivity index (χ4n) is 2.24. The molecule has 4 heteroatoms. The fraction of sp³-hybridized carbons (Fsp3) is 0.846. The van der Waals surface area contributed by atoms with Gasteiger partial charge in [0.15, 0.2) is 0 Å². The van der Waals surface area contributed by atoms with Crippen molar-refractivity contribution in [1.82, 2.24) is 0 Å². The molecule has 0 bridgehead atoms. The molecule has 3 nitrogen and oxygen atoms in total. The second-order valence-electron chi connectivity index (χ2n) is 4.92. The molecule has 1 aliphatic carbocycles. The molecule has 0 amide bonds. The van der Waals surface area contributed by atoms with Gasteiger partial charge < -0.3 is 15.3 Å². The molecule has 1 fully saturated rings. The lowest BCUT2D eigenvalue weighted by atomic mass is 10.0. The summed E-state index contributed by atoms with van der Waals surface area (Å²) < 4.78 is 0. The molecular formula is C13H23ClO3. The van der Waals surface area contributed by atoms with Crippen molar-refractivity contribution in [2.45, 2.75) is 63.8 Å². The first kappa shape index (κ1) is 15.0. The Labute approximate surface area is 108 Å². The van der Waals surface area contributed by atoms with Gasteiger partial charge in [0.1, 0.15) is 0 Å². The summed E-state index contributed by atoms with van der Waals surface area (Å²) >= 11 is 6.02. The minimum Gasteiger partial charge on any atom is -0.393 e. The van der Waals surface area contributed by atoms with Gasteiger partial charge in [-0.3, -0.25) is 0 Å². The maximum absolute atomic E-state index is 9.81. The van der Waals surface area contributed by atoms with Crippen LogP contribution >= 0.6 is 11.6 Å². The van der Waals surface area contributed by atoms with Crippen molar-refractivity contribution in [2.24, 2.45) is 5.92 Å². The van der Waals surface area contributed by atoms with E-state index in [-0.39, 0.29) is 5.92 Å². The molecule has 0 spiro atoms. The Morgan fingerprint density at radius 1 is 1.35 bits per heavy atom. The van der Waals surface area contributed by atoms with E-state index in [4.69, 9.17) is 11.6 Å². The third-order valence-corrected chi connectivity index (χ3v) is 3.70. The Hall–Kier alpha value is -0.0900. The van der Waals surface area contributed by atoms with E-state index < -0.39 is 18.3 Å². The highest BCUT2D eigenvalue weighted by Crippen LogP contribution is 2.30. The topological polar surface area (TPSA) is 60.7 Å². The van der Waals surface area contributed by atoms with Crippen molar-refractivity contribution in [3.63, 3.8) is 0 Å². The normalized spacial score (nSPS) is 31.8. The summed E-state index contributed by atoms with van der Waals surface area (Å²) in [5, 5.41) is 29.3. The number of hydrogen-bond acceptors (Lipinski definition) is 3. The minimum atomic E-state index is -0.631. The number of rotatable bonds is 6. The standard InChI is InChI=1S/C13H23ClO3/c1-2-3-4-5-12(16)11(14)7-9-6-10(15)8-13(9)17/h7,9-10,12-13,15-17H,2-6,8H2,1H3/t9-,10+,12-,13+/m0/s1. The van der Waals surface area contributed by atoms with Crippen molar-refractivity contribution < 1.29 is 15.3 Å². The van der Waals surface area contributed by atoms with Gasteiger partial charge in [0.2, 0.25) is 0 Å². The van der Waals surface area contributed by atoms with Crippen molar-refractivity contribution in [3.8, 4) is 0 Å². The lowest BCUT2D eigenvalue weighted by Crippen LogP contribution is -2.13. The minimum absolute atomic E-state index is 0.127. The summed E-state index contributed by atoms with van der Waals surface area (Å²) in [7, 11) is 0. The average Bonchev–Trinajstić information content (AvgIpc) is 2.57. The third kappa shape index (κ3) is 4.96. The van der Waals surface area contributed by atoms with Crippen LogP contribution in [-0.2, 0) is 0 Å². The van der Waals surface area contributed by atoms with Crippen molar-refractivity contribution in [3.05, 3.63) is 11.1 Å². The molecule has 0 aromatic carbocycles. The van der Waals surface area contributed by atoms with Gasteiger partial charge in [-0.05, 0) is 19.3 Å². The van der Waals surface area contributed by atoms with Gasteiger partial charge in [-0.25, -0.2) is 0 Å². The van der Waals surface area contributed by atoms with Crippen LogP contribution in [-0.4, -0.2) is 33.6 Å². The smallest absolute Gasteiger partial charge is 0.0892 e. The van der Waals surface area contributed by atoms with E-state index in [9.17, 15) is 15.3 Å². The van der Waals surface area contributed by atoms with E-state index in [1.807, 2.05) is 0 Å². The lowest BCUT2D eigenvalue weighted by molar-refractivity contribution is 0.128. The van der Waals surface area contributed by atoms with E-state index >= 15 is 0 Å². The van der Waals surface area contributed by atoms with E-state index in [1.165, 1.54) is 0 Å². The predicted octanol–water partition coefficient (Wildman–Crippen LogP) is 2.18. The van der Waals surface area contributed by atoms with Gasteiger partial charge in [-0.1, -0.05) is 43.9 Å². The van der Waals surface area contributed by atoms with E-state index in [0.29, 0.717) is 24.3 Å². The van der Waals surface area contributed by atoms with Crippen LogP contribution in [0.1, 0.15) is 45.4 Å². The molecule has 0 saturated heterocycles. The second kappa shape index (κ2) is 7.37.